The van der Waals surface area contributed by atoms with Gasteiger partial charge in [0.15, 0.2) is 5.82 Å². The van der Waals surface area contributed by atoms with Gasteiger partial charge in [0.2, 0.25) is 11.8 Å². The lowest BCUT2D eigenvalue weighted by atomic mass is 10.2. The van der Waals surface area contributed by atoms with E-state index in [-0.39, 0.29) is 29.1 Å². The highest BCUT2D eigenvalue weighted by atomic mass is 32.2. The third-order valence-corrected chi connectivity index (χ3v) is 3.85. The maximum absolute atomic E-state index is 12.3. The van der Waals surface area contributed by atoms with Crippen LogP contribution in [0.1, 0.15) is 24.2 Å². The number of benzene rings is 1. The van der Waals surface area contributed by atoms with Gasteiger partial charge in [-0.25, -0.2) is 0 Å². The van der Waals surface area contributed by atoms with Crippen LogP contribution in [-0.4, -0.2) is 33.5 Å². The summed E-state index contributed by atoms with van der Waals surface area (Å²) in [6.07, 6.45) is 3.51. The van der Waals surface area contributed by atoms with E-state index < -0.39 is 5.51 Å². The van der Waals surface area contributed by atoms with Crippen LogP contribution in [0.4, 0.5) is 13.2 Å². The fourth-order valence-electron chi connectivity index (χ4n) is 1.85. The smallest absolute Gasteiger partial charge is 0.337 e. The molecule has 134 valence electrons. The van der Waals surface area contributed by atoms with Gasteiger partial charge in [0.05, 0.1) is 6.54 Å². The Labute approximate surface area is 146 Å². The van der Waals surface area contributed by atoms with Gasteiger partial charge >= 0.3 is 5.51 Å². The van der Waals surface area contributed by atoms with E-state index in [4.69, 9.17) is 4.52 Å². The van der Waals surface area contributed by atoms with E-state index in [1.807, 2.05) is 6.92 Å². The average molecular weight is 371 g/mol. The summed E-state index contributed by atoms with van der Waals surface area (Å²) in [5.41, 5.74) is -3.69. The van der Waals surface area contributed by atoms with Crippen LogP contribution < -0.4 is 0 Å². The molecule has 0 N–H and O–H groups in total. The predicted octanol–water partition coefficient (Wildman–Crippen LogP) is 3.92. The third kappa shape index (κ3) is 6.26. The molecule has 1 amide bonds. The van der Waals surface area contributed by atoms with Crippen molar-refractivity contribution in [3.63, 3.8) is 0 Å². The normalized spacial score (nSPS) is 11.9. The van der Waals surface area contributed by atoms with Crippen molar-refractivity contribution in [1.29, 1.82) is 0 Å². The lowest BCUT2D eigenvalue weighted by Gasteiger charge is -2.11. The standard InChI is InChI=1S/C16H16F3N3O2S/c1-3-13-20-14(24-21-13)10-22(2)15(23)9-6-11-4-7-12(8-5-11)25-16(17,18)19/h4-9H,3,10H2,1-2H3/b9-6+. The van der Waals surface area contributed by atoms with E-state index in [0.29, 0.717) is 23.7 Å². The number of alkyl halides is 3. The summed E-state index contributed by atoms with van der Waals surface area (Å²) >= 11 is -0.179. The van der Waals surface area contributed by atoms with Crippen LogP contribution >= 0.6 is 11.8 Å². The minimum atomic E-state index is -4.32. The van der Waals surface area contributed by atoms with Gasteiger partial charge in [-0.3, -0.25) is 4.79 Å². The first-order chi connectivity index (χ1) is 11.8. The summed E-state index contributed by atoms with van der Waals surface area (Å²) in [5.74, 6) is 0.628. The molecule has 0 aliphatic heterocycles. The van der Waals surface area contributed by atoms with Crippen molar-refractivity contribution < 1.29 is 22.5 Å². The van der Waals surface area contributed by atoms with Crippen molar-refractivity contribution in [3.8, 4) is 0 Å². The Morgan fingerprint density at radius 1 is 1.32 bits per heavy atom. The van der Waals surface area contributed by atoms with E-state index in [1.165, 1.54) is 41.3 Å². The average Bonchev–Trinajstić information content (AvgIpc) is 3.00. The van der Waals surface area contributed by atoms with E-state index >= 15 is 0 Å². The number of likely N-dealkylation sites (N-methyl/N-ethyl adjacent to an activating group) is 1. The van der Waals surface area contributed by atoms with Gasteiger partial charge in [0, 0.05) is 24.4 Å². The summed E-state index contributed by atoms with van der Waals surface area (Å²) in [6.45, 7) is 2.07. The monoisotopic (exact) mass is 371 g/mol. The van der Waals surface area contributed by atoms with Gasteiger partial charge in [-0.05, 0) is 35.5 Å². The zero-order valence-corrected chi connectivity index (χ0v) is 14.4. The molecule has 0 unspecified atom stereocenters. The number of hydrogen-bond donors (Lipinski definition) is 0. The number of nitrogens with zero attached hydrogens (tertiary/aromatic N) is 3. The molecule has 2 aromatic rings. The molecule has 0 saturated carbocycles. The molecule has 25 heavy (non-hydrogen) atoms. The van der Waals surface area contributed by atoms with Crippen LogP contribution in [0.2, 0.25) is 0 Å². The van der Waals surface area contributed by atoms with E-state index in [0.717, 1.165) is 0 Å². The van der Waals surface area contributed by atoms with Crippen molar-refractivity contribution in [2.75, 3.05) is 7.05 Å². The Balaban J connectivity index is 1.92. The second-order valence-corrected chi connectivity index (χ2v) is 6.24. The molecule has 0 atom stereocenters. The lowest BCUT2D eigenvalue weighted by molar-refractivity contribution is -0.125. The number of aryl methyl sites for hydroxylation is 1. The van der Waals surface area contributed by atoms with Crippen LogP contribution in [0.5, 0.6) is 0 Å². The SMILES string of the molecule is CCc1noc(CN(C)C(=O)/C=C/c2ccc(SC(F)(F)F)cc2)n1. The minimum Gasteiger partial charge on any atom is -0.337 e. The Hall–Kier alpha value is -2.29. The summed E-state index contributed by atoms with van der Waals surface area (Å²) in [7, 11) is 1.59. The van der Waals surface area contributed by atoms with Crippen molar-refractivity contribution in [2.24, 2.45) is 0 Å². The third-order valence-electron chi connectivity index (χ3n) is 3.11. The summed E-state index contributed by atoms with van der Waals surface area (Å²) in [5, 5.41) is 3.75. The maximum atomic E-state index is 12.3. The molecule has 0 fully saturated rings. The zero-order chi connectivity index (χ0) is 18.4. The second kappa shape index (κ2) is 8.19. The molecule has 0 saturated heterocycles. The molecule has 9 heteroatoms. The second-order valence-electron chi connectivity index (χ2n) is 5.10. The summed E-state index contributed by atoms with van der Waals surface area (Å²) in [6, 6.07) is 5.75. The van der Waals surface area contributed by atoms with Crippen LogP contribution in [0.15, 0.2) is 39.8 Å². The molecular weight excluding hydrogens is 355 g/mol. The molecule has 1 aromatic carbocycles. The highest BCUT2D eigenvalue weighted by Gasteiger charge is 2.28. The predicted molar refractivity (Wildman–Crippen MR) is 87.5 cm³/mol. The molecule has 0 spiro atoms. The first kappa shape index (κ1) is 19.0. The number of carbonyl (C=O) groups is 1. The van der Waals surface area contributed by atoms with Gasteiger partial charge in [-0.2, -0.15) is 18.2 Å². The van der Waals surface area contributed by atoms with Crippen molar-refractivity contribution in [2.45, 2.75) is 30.3 Å². The summed E-state index contributed by atoms with van der Waals surface area (Å²) in [4.78, 5) is 17.7. The number of carbonyl (C=O) groups excluding carboxylic acids is 1. The highest BCUT2D eigenvalue weighted by Crippen LogP contribution is 2.36. The van der Waals surface area contributed by atoms with Crippen LogP contribution in [-0.2, 0) is 17.8 Å². The van der Waals surface area contributed by atoms with Crippen LogP contribution in [0, 0.1) is 0 Å². The highest BCUT2D eigenvalue weighted by molar-refractivity contribution is 8.00. The molecule has 1 aromatic heterocycles. The van der Waals surface area contributed by atoms with Crippen molar-refractivity contribution in [3.05, 3.63) is 47.6 Å². The van der Waals surface area contributed by atoms with Gasteiger partial charge in [-0.15, -0.1) is 0 Å². The fraction of sp³-hybridized carbons (Fsp3) is 0.312. The van der Waals surface area contributed by atoms with Crippen LogP contribution in [0.25, 0.3) is 6.08 Å². The zero-order valence-electron chi connectivity index (χ0n) is 13.6. The molecule has 0 radical (unpaired) electrons. The van der Waals surface area contributed by atoms with Crippen LogP contribution in [0.3, 0.4) is 0 Å². The Bertz CT molecular complexity index is 742. The molecule has 1 heterocycles. The first-order valence-electron chi connectivity index (χ1n) is 7.37. The van der Waals surface area contributed by atoms with Gasteiger partial charge in [-0.1, -0.05) is 24.2 Å². The number of thioether (sulfide) groups is 1. The molecule has 2 rings (SSSR count). The number of halogens is 3. The Kier molecular flexibility index (Phi) is 6.24. The molecule has 0 aliphatic carbocycles. The fourth-order valence-corrected chi connectivity index (χ4v) is 2.39. The van der Waals surface area contributed by atoms with E-state index in [9.17, 15) is 18.0 Å². The lowest BCUT2D eigenvalue weighted by Crippen LogP contribution is -2.24. The van der Waals surface area contributed by atoms with Gasteiger partial charge < -0.3 is 9.42 Å². The van der Waals surface area contributed by atoms with Crippen molar-refractivity contribution >= 4 is 23.7 Å². The van der Waals surface area contributed by atoms with Gasteiger partial charge in [0.25, 0.3) is 0 Å². The molecule has 5 nitrogen and oxygen atoms in total. The molecular formula is C16H16F3N3O2S. The quantitative estimate of drug-likeness (QED) is 0.569. The topological polar surface area (TPSA) is 59.2 Å². The largest absolute Gasteiger partial charge is 0.446 e. The Morgan fingerprint density at radius 2 is 2.00 bits per heavy atom. The first-order valence-corrected chi connectivity index (χ1v) is 8.19. The molecule has 0 aliphatic rings. The van der Waals surface area contributed by atoms with E-state index in [2.05, 4.69) is 10.1 Å². The van der Waals surface area contributed by atoms with Crippen molar-refractivity contribution in [1.82, 2.24) is 15.0 Å². The van der Waals surface area contributed by atoms with Gasteiger partial charge in [0.1, 0.15) is 0 Å². The number of aromatic nitrogens is 2. The maximum Gasteiger partial charge on any atom is 0.446 e. The summed E-state index contributed by atoms with van der Waals surface area (Å²) < 4.78 is 41.8. The van der Waals surface area contributed by atoms with E-state index in [1.54, 1.807) is 7.05 Å². The Morgan fingerprint density at radius 3 is 2.56 bits per heavy atom. The number of amides is 1. The number of rotatable bonds is 6. The minimum absolute atomic E-state index is 0.0937. The number of hydrogen-bond acceptors (Lipinski definition) is 5. The molecule has 0 bridgehead atoms.